The average molecular weight is 330 g/mol. The molecule has 0 atom stereocenters. The highest BCUT2D eigenvalue weighted by Gasteiger charge is 2.23. The molecule has 2 aliphatic carbocycles. The first-order chi connectivity index (χ1) is 11.7. The van der Waals surface area contributed by atoms with E-state index in [1.807, 2.05) is 0 Å². The standard InChI is InChI=1S/C20H26O4/c21-19(15-7-3-1-4-8-15)24-18-13-11-16(12-14-18)20(22)23-17-9-5-2-6-10-17/h11-15,17H,1-10H2. The van der Waals surface area contributed by atoms with Gasteiger partial charge in [0.25, 0.3) is 0 Å². The van der Waals surface area contributed by atoms with E-state index in [1.165, 1.54) is 12.8 Å². The number of ether oxygens (including phenoxy) is 2. The zero-order valence-electron chi connectivity index (χ0n) is 14.2. The smallest absolute Gasteiger partial charge is 0.338 e. The van der Waals surface area contributed by atoms with Crippen LogP contribution in [0.3, 0.4) is 0 Å². The van der Waals surface area contributed by atoms with Crippen molar-refractivity contribution in [2.45, 2.75) is 70.3 Å². The van der Waals surface area contributed by atoms with E-state index < -0.39 is 0 Å². The van der Waals surface area contributed by atoms with E-state index in [2.05, 4.69) is 0 Å². The van der Waals surface area contributed by atoms with E-state index >= 15 is 0 Å². The largest absolute Gasteiger partial charge is 0.459 e. The summed E-state index contributed by atoms with van der Waals surface area (Å²) in [6, 6.07) is 6.71. The molecule has 2 fully saturated rings. The van der Waals surface area contributed by atoms with Gasteiger partial charge < -0.3 is 9.47 Å². The molecule has 0 amide bonds. The Labute approximate surface area is 143 Å². The lowest BCUT2D eigenvalue weighted by atomic mass is 9.89. The van der Waals surface area contributed by atoms with E-state index in [1.54, 1.807) is 24.3 Å². The van der Waals surface area contributed by atoms with Crippen LogP contribution in [0.15, 0.2) is 24.3 Å². The highest BCUT2D eigenvalue weighted by atomic mass is 16.5. The Morgan fingerprint density at radius 3 is 2.00 bits per heavy atom. The molecule has 1 aromatic rings. The molecule has 0 unspecified atom stereocenters. The zero-order valence-corrected chi connectivity index (χ0v) is 14.2. The van der Waals surface area contributed by atoms with E-state index in [4.69, 9.17) is 9.47 Å². The minimum atomic E-state index is -0.285. The van der Waals surface area contributed by atoms with Gasteiger partial charge in [0, 0.05) is 0 Å². The molecule has 0 radical (unpaired) electrons. The number of carbonyl (C=O) groups is 2. The van der Waals surface area contributed by atoms with Gasteiger partial charge in [-0.2, -0.15) is 0 Å². The minimum absolute atomic E-state index is 0.0229. The molecular formula is C20H26O4. The predicted octanol–water partition coefficient (Wildman–Crippen LogP) is 4.66. The van der Waals surface area contributed by atoms with Gasteiger partial charge in [-0.15, -0.1) is 0 Å². The molecule has 4 heteroatoms. The van der Waals surface area contributed by atoms with Crippen LogP contribution >= 0.6 is 0 Å². The first-order valence-electron chi connectivity index (χ1n) is 9.25. The fraction of sp³-hybridized carbons (Fsp3) is 0.600. The normalized spacial score (nSPS) is 19.7. The van der Waals surface area contributed by atoms with E-state index in [0.717, 1.165) is 51.4 Å². The van der Waals surface area contributed by atoms with E-state index in [0.29, 0.717) is 11.3 Å². The van der Waals surface area contributed by atoms with Crippen molar-refractivity contribution in [3.05, 3.63) is 29.8 Å². The van der Waals surface area contributed by atoms with Gasteiger partial charge >= 0.3 is 11.9 Å². The second kappa shape index (κ2) is 8.32. The van der Waals surface area contributed by atoms with Crippen molar-refractivity contribution in [2.75, 3.05) is 0 Å². The third-order valence-corrected chi connectivity index (χ3v) is 5.07. The van der Waals surface area contributed by atoms with Crippen LogP contribution in [-0.4, -0.2) is 18.0 Å². The molecule has 2 aliphatic rings. The summed E-state index contributed by atoms with van der Waals surface area (Å²) in [4.78, 5) is 24.3. The maximum Gasteiger partial charge on any atom is 0.338 e. The maximum atomic E-state index is 12.2. The highest BCUT2D eigenvalue weighted by Crippen LogP contribution is 2.26. The van der Waals surface area contributed by atoms with Crippen molar-refractivity contribution in [3.63, 3.8) is 0 Å². The van der Waals surface area contributed by atoms with Crippen LogP contribution in [0.25, 0.3) is 0 Å². The van der Waals surface area contributed by atoms with Gasteiger partial charge in [-0.3, -0.25) is 4.79 Å². The SMILES string of the molecule is O=C(OC1CCCCC1)c1ccc(OC(=O)C2CCCCC2)cc1. The topological polar surface area (TPSA) is 52.6 Å². The van der Waals surface area contributed by atoms with Gasteiger partial charge in [-0.25, -0.2) is 4.79 Å². The molecule has 0 spiro atoms. The number of hydrogen-bond donors (Lipinski definition) is 0. The lowest BCUT2D eigenvalue weighted by Gasteiger charge is -2.22. The lowest BCUT2D eigenvalue weighted by Crippen LogP contribution is -2.23. The molecule has 24 heavy (non-hydrogen) atoms. The molecule has 0 aromatic heterocycles. The zero-order chi connectivity index (χ0) is 16.8. The van der Waals surface area contributed by atoms with Crippen molar-refractivity contribution in [3.8, 4) is 5.75 Å². The van der Waals surface area contributed by atoms with Crippen LogP contribution in [-0.2, 0) is 9.53 Å². The van der Waals surface area contributed by atoms with Gasteiger partial charge in [-0.05, 0) is 62.8 Å². The fourth-order valence-corrected chi connectivity index (χ4v) is 3.60. The van der Waals surface area contributed by atoms with Crippen molar-refractivity contribution in [1.82, 2.24) is 0 Å². The molecule has 0 bridgehead atoms. The van der Waals surface area contributed by atoms with Crippen LogP contribution in [0, 0.1) is 5.92 Å². The van der Waals surface area contributed by atoms with E-state index in [9.17, 15) is 9.59 Å². The Morgan fingerprint density at radius 1 is 0.792 bits per heavy atom. The first kappa shape index (κ1) is 17.0. The monoisotopic (exact) mass is 330 g/mol. The van der Waals surface area contributed by atoms with Gasteiger partial charge in [0.2, 0.25) is 0 Å². The molecule has 130 valence electrons. The van der Waals surface area contributed by atoms with Crippen LogP contribution in [0.4, 0.5) is 0 Å². The second-order valence-electron chi connectivity index (χ2n) is 6.95. The Hall–Kier alpha value is -1.84. The average Bonchev–Trinajstić information content (AvgIpc) is 2.64. The summed E-state index contributed by atoms with van der Waals surface area (Å²) < 4.78 is 11.0. The van der Waals surface area contributed by atoms with E-state index in [-0.39, 0.29) is 24.0 Å². The third kappa shape index (κ3) is 4.59. The number of rotatable bonds is 4. The van der Waals surface area contributed by atoms with Crippen LogP contribution in [0.1, 0.15) is 74.6 Å². The summed E-state index contributed by atoms with van der Waals surface area (Å²) in [5.74, 6) is 0.0915. The number of carbonyl (C=O) groups excluding carboxylic acids is 2. The van der Waals surface area contributed by atoms with Crippen molar-refractivity contribution in [1.29, 1.82) is 0 Å². The fourth-order valence-electron chi connectivity index (χ4n) is 3.60. The van der Waals surface area contributed by atoms with Crippen LogP contribution < -0.4 is 4.74 Å². The number of benzene rings is 1. The van der Waals surface area contributed by atoms with Gasteiger partial charge in [-0.1, -0.05) is 25.7 Å². The Balaban J connectivity index is 1.52. The van der Waals surface area contributed by atoms with Gasteiger partial charge in [0.05, 0.1) is 11.5 Å². The molecule has 3 rings (SSSR count). The molecule has 4 nitrogen and oxygen atoms in total. The summed E-state index contributed by atoms with van der Waals surface area (Å²) in [7, 11) is 0. The van der Waals surface area contributed by atoms with Gasteiger partial charge in [0.1, 0.15) is 11.9 Å². The lowest BCUT2D eigenvalue weighted by molar-refractivity contribution is -0.139. The van der Waals surface area contributed by atoms with Crippen molar-refractivity contribution in [2.24, 2.45) is 5.92 Å². The first-order valence-corrected chi connectivity index (χ1v) is 9.25. The quantitative estimate of drug-likeness (QED) is 0.595. The van der Waals surface area contributed by atoms with Crippen molar-refractivity contribution < 1.29 is 19.1 Å². The molecular weight excluding hydrogens is 304 g/mol. The Kier molecular flexibility index (Phi) is 5.89. The second-order valence-corrected chi connectivity index (χ2v) is 6.95. The minimum Gasteiger partial charge on any atom is -0.459 e. The Bertz CT molecular complexity index is 552. The summed E-state index contributed by atoms with van der Waals surface area (Å²) in [5.41, 5.74) is 0.512. The summed E-state index contributed by atoms with van der Waals surface area (Å²) in [5, 5.41) is 0. The number of hydrogen-bond acceptors (Lipinski definition) is 4. The van der Waals surface area contributed by atoms with Crippen LogP contribution in [0.2, 0.25) is 0 Å². The summed E-state index contributed by atoms with van der Waals surface area (Å²) >= 11 is 0. The molecule has 0 aliphatic heterocycles. The number of esters is 2. The molecule has 0 N–H and O–H groups in total. The molecule has 1 aromatic carbocycles. The molecule has 2 saturated carbocycles. The van der Waals surface area contributed by atoms with Crippen LogP contribution in [0.5, 0.6) is 5.75 Å². The predicted molar refractivity (Wildman–Crippen MR) is 90.9 cm³/mol. The van der Waals surface area contributed by atoms with Gasteiger partial charge in [0.15, 0.2) is 0 Å². The third-order valence-electron chi connectivity index (χ3n) is 5.07. The van der Waals surface area contributed by atoms with Crippen molar-refractivity contribution >= 4 is 11.9 Å². The maximum absolute atomic E-state index is 12.2. The highest BCUT2D eigenvalue weighted by molar-refractivity contribution is 5.89. The molecule has 0 saturated heterocycles. The Morgan fingerprint density at radius 2 is 1.38 bits per heavy atom. The molecule has 0 heterocycles. The summed E-state index contributed by atoms with van der Waals surface area (Å²) in [6.07, 6.45) is 10.7. The summed E-state index contributed by atoms with van der Waals surface area (Å²) in [6.45, 7) is 0.